The van der Waals surface area contributed by atoms with E-state index >= 15 is 0 Å². The molecule has 4 rings (SSSR count). The van der Waals surface area contributed by atoms with Crippen LogP contribution >= 0.6 is 11.6 Å². The van der Waals surface area contributed by atoms with Crippen LogP contribution in [0.1, 0.15) is 16.2 Å². The summed E-state index contributed by atoms with van der Waals surface area (Å²) in [6.45, 7) is 1.90. The summed E-state index contributed by atoms with van der Waals surface area (Å²) in [6, 6.07) is 11.5. The molecular weight excluding hydrogens is 362 g/mol. The minimum atomic E-state index is -0.226. The number of hydrogen-bond donors (Lipinski definition) is 2. The second-order valence-electron chi connectivity index (χ2n) is 6.15. The summed E-state index contributed by atoms with van der Waals surface area (Å²) < 4.78 is 0. The van der Waals surface area contributed by atoms with Gasteiger partial charge in [-0.15, -0.1) is 0 Å². The van der Waals surface area contributed by atoms with Gasteiger partial charge in [0.1, 0.15) is 0 Å². The van der Waals surface area contributed by atoms with Gasteiger partial charge in [-0.05, 0) is 30.7 Å². The smallest absolute Gasteiger partial charge is 0.272 e. The zero-order valence-corrected chi connectivity index (χ0v) is 15.5. The van der Waals surface area contributed by atoms with E-state index in [-0.39, 0.29) is 5.91 Å². The maximum Gasteiger partial charge on any atom is 0.272 e. The molecule has 27 heavy (non-hydrogen) atoms. The van der Waals surface area contributed by atoms with E-state index < -0.39 is 0 Å². The largest absolute Gasteiger partial charge is 0.354 e. The van der Waals surface area contributed by atoms with Gasteiger partial charge in [-0.1, -0.05) is 29.8 Å². The summed E-state index contributed by atoms with van der Waals surface area (Å²) in [6.07, 6.45) is 3.43. The second kappa shape index (κ2) is 6.81. The van der Waals surface area contributed by atoms with Gasteiger partial charge in [0.05, 0.1) is 23.1 Å². The molecule has 7 heteroatoms. The number of nitrogens with one attached hydrogen (secondary N) is 2. The van der Waals surface area contributed by atoms with Crippen LogP contribution in [0.15, 0.2) is 48.8 Å². The Morgan fingerprint density at radius 3 is 2.67 bits per heavy atom. The van der Waals surface area contributed by atoms with Crippen LogP contribution in [-0.4, -0.2) is 33.1 Å². The van der Waals surface area contributed by atoms with Crippen LogP contribution in [0, 0.1) is 6.92 Å². The number of hydrogen-bond acceptors (Lipinski definition) is 4. The molecule has 2 aromatic heterocycles. The quantitative estimate of drug-likeness (QED) is 0.565. The van der Waals surface area contributed by atoms with E-state index in [4.69, 9.17) is 11.6 Å². The van der Waals surface area contributed by atoms with Crippen molar-refractivity contribution in [3.63, 3.8) is 0 Å². The number of rotatable bonds is 3. The molecule has 0 saturated heterocycles. The number of aromatic amines is 1. The first-order valence-electron chi connectivity index (χ1n) is 8.36. The molecule has 0 fully saturated rings. The molecular formula is C20H16ClN5O. The zero-order chi connectivity index (χ0) is 19.0. The Balaban J connectivity index is 1.74. The number of nitrogens with zero attached hydrogens (tertiary/aromatic N) is 3. The first-order chi connectivity index (χ1) is 13.1. The third-order valence-electron chi connectivity index (χ3n) is 4.34. The lowest BCUT2D eigenvalue weighted by molar-refractivity contribution is 0.0959. The maximum absolute atomic E-state index is 11.9. The lowest BCUT2D eigenvalue weighted by Crippen LogP contribution is -2.18. The van der Waals surface area contributed by atoms with Crippen molar-refractivity contribution < 1.29 is 4.79 Å². The number of carbonyl (C=O) groups excluding carboxylic acids is 1. The topological polar surface area (TPSA) is 83.6 Å². The van der Waals surface area contributed by atoms with Gasteiger partial charge in [-0.2, -0.15) is 5.10 Å². The van der Waals surface area contributed by atoms with Crippen LogP contribution in [-0.2, 0) is 0 Å². The molecule has 0 bridgehead atoms. The molecule has 2 aromatic carbocycles. The fourth-order valence-corrected chi connectivity index (χ4v) is 3.28. The molecule has 0 atom stereocenters. The Kier molecular flexibility index (Phi) is 4.33. The Bertz CT molecular complexity index is 1170. The van der Waals surface area contributed by atoms with E-state index in [0.29, 0.717) is 10.7 Å². The van der Waals surface area contributed by atoms with Gasteiger partial charge in [0.15, 0.2) is 5.69 Å². The van der Waals surface area contributed by atoms with Gasteiger partial charge < -0.3 is 5.32 Å². The van der Waals surface area contributed by atoms with Crippen LogP contribution in [0.3, 0.4) is 0 Å². The molecule has 2 heterocycles. The Labute approximate surface area is 160 Å². The molecule has 1 amide bonds. The van der Waals surface area contributed by atoms with Gasteiger partial charge in [-0.3, -0.25) is 14.9 Å². The first kappa shape index (κ1) is 17.2. The standard InChI is InChI=1S/C20H16ClN5O/c1-11-9-23-10-18(24-11)13-4-5-14(16(21)7-13)12-3-6-15-17(8-12)25-26-19(15)20(27)22-2/h3-10H,1-2H3,(H,22,27)(H,25,26). The van der Waals surface area contributed by atoms with Crippen molar-refractivity contribution in [2.24, 2.45) is 0 Å². The summed E-state index contributed by atoms with van der Waals surface area (Å²) in [4.78, 5) is 20.5. The average Bonchev–Trinajstić information content (AvgIpc) is 3.10. The third kappa shape index (κ3) is 3.15. The molecule has 0 aliphatic rings. The normalized spacial score (nSPS) is 10.9. The Morgan fingerprint density at radius 1 is 1.11 bits per heavy atom. The molecule has 134 valence electrons. The lowest BCUT2D eigenvalue weighted by atomic mass is 10.0. The van der Waals surface area contributed by atoms with Gasteiger partial charge >= 0.3 is 0 Å². The average molecular weight is 378 g/mol. The molecule has 0 aliphatic carbocycles. The van der Waals surface area contributed by atoms with E-state index in [1.54, 1.807) is 19.4 Å². The number of carbonyl (C=O) groups is 1. The predicted octanol–water partition coefficient (Wildman–Crippen LogP) is 4.01. The Hall–Kier alpha value is -3.25. The molecule has 0 saturated carbocycles. The van der Waals surface area contributed by atoms with E-state index in [1.165, 1.54) is 0 Å². The lowest BCUT2D eigenvalue weighted by Gasteiger charge is -2.08. The summed E-state index contributed by atoms with van der Waals surface area (Å²) in [5.74, 6) is -0.226. The van der Waals surface area contributed by atoms with E-state index in [9.17, 15) is 4.79 Å². The van der Waals surface area contributed by atoms with Crippen LogP contribution < -0.4 is 5.32 Å². The minimum absolute atomic E-state index is 0.226. The molecule has 4 aromatic rings. The van der Waals surface area contributed by atoms with Gasteiger partial charge in [0.2, 0.25) is 0 Å². The highest BCUT2D eigenvalue weighted by Gasteiger charge is 2.14. The van der Waals surface area contributed by atoms with Crippen molar-refractivity contribution in [3.05, 3.63) is 65.2 Å². The molecule has 0 spiro atoms. The third-order valence-corrected chi connectivity index (χ3v) is 4.65. The van der Waals surface area contributed by atoms with Crippen molar-refractivity contribution in [3.8, 4) is 22.4 Å². The van der Waals surface area contributed by atoms with Crippen LogP contribution in [0.2, 0.25) is 5.02 Å². The second-order valence-corrected chi connectivity index (χ2v) is 6.56. The molecule has 0 unspecified atom stereocenters. The molecule has 0 aliphatic heterocycles. The number of aryl methyl sites for hydroxylation is 1. The van der Waals surface area contributed by atoms with Crippen LogP contribution in [0.25, 0.3) is 33.3 Å². The number of amides is 1. The van der Waals surface area contributed by atoms with E-state index in [0.717, 1.165) is 39.0 Å². The van der Waals surface area contributed by atoms with Crippen LogP contribution in [0.4, 0.5) is 0 Å². The minimum Gasteiger partial charge on any atom is -0.354 e. The SMILES string of the molecule is CNC(=O)c1n[nH]c2cc(-c3ccc(-c4cncc(C)n4)cc3Cl)ccc12. The Morgan fingerprint density at radius 2 is 1.93 bits per heavy atom. The highest BCUT2D eigenvalue weighted by atomic mass is 35.5. The summed E-state index contributed by atoms with van der Waals surface area (Å²) in [5, 5.41) is 11.0. The van der Waals surface area contributed by atoms with Crippen molar-refractivity contribution in [2.75, 3.05) is 7.05 Å². The molecule has 0 radical (unpaired) electrons. The number of aromatic nitrogens is 4. The predicted molar refractivity (Wildman–Crippen MR) is 106 cm³/mol. The maximum atomic E-state index is 11.9. The van der Waals surface area contributed by atoms with Crippen molar-refractivity contribution in [1.29, 1.82) is 0 Å². The van der Waals surface area contributed by atoms with E-state index in [1.807, 2.05) is 43.3 Å². The highest BCUT2D eigenvalue weighted by Crippen LogP contribution is 2.33. The summed E-state index contributed by atoms with van der Waals surface area (Å²) >= 11 is 6.54. The molecule has 2 N–H and O–H groups in total. The van der Waals surface area contributed by atoms with Gasteiger partial charge in [0, 0.05) is 34.8 Å². The monoisotopic (exact) mass is 377 g/mol. The number of fused-ring (bicyclic) bond motifs is 1. The van der Waals surface area contributed by atoms with E-state index in [2.05, 4.69) is 25.5 Å². The fraction of sp³-hybridized carbons (Fsp3) is 0.100. The summed E-state index contributed by atoms with van der Waals surface area (Å²) in [7, 11) is 1.58. The number of H-pyrrole nitrogens is 1. The van der Waals surface area contributed by atoms with Crippen molar-refractivity contribution in [1.82, 2.24) is 25.5 Å². The summed E-state index contributed by atoms with van der Waals surface area (Å²) in [5.41, 5.74) is 5.51. The first-order valence-corrected chi connectivity index (χ1v) is 8.74. The molecule has 6 nitrogen and oxygen atoms in total. The van der Waals surface area contributed by atoms with Crippen LogP contribution in [0.5, 0.6) is 0 Å². The van der Waals surface area contributed by atoms with Crippen molar-refractivity contribution in [2.45, 2.75) is 6.92 Å². The highest BCUT2D eigenvalue weighted by molar-refractivity contribution is 6.33. The number of benzene rings is 2. The van der Waals surface area contributed by atoms with Crippen molar-refractivity contribution >= 4 is 28.4 Å². The zero-order valence-electron chi connectivity index (χ0n) is 14.7. The fourth-order valence-electron chi connectivity index (χ4n) is 2.99. The number of halogens is 1. The van der Waals surface area contributed by atoms with Gasteiger partial charge in [0.25, 0.3) is 5.91 Å². The van der Waals surface area contributed by atoms with Gasteiger partial charge in [-0.25, -0.2) is 4.98 Å².